The molecule has 3 heteroatoms. The Morgan fingerprint density at radius 1 is 1.22 bits per heavy atom. The Hall–Kier alpha value is -1.90. The van der Waals surface area contributed by atoms with Crippen LogP contribution in [0.2, 0.25) is 0 Å². The van der Waals surface area contributed by atoms with E-state index in [4.69, 9.17) is 4.74 Å². The number of pyridine rings is 1. The number of aryl methyl sites for hydroxylation is 2. The fourth-order valence-corrected chi connectivity index (χ4v) is 2.20. The molecule has 3 nitrogen and oxygen atoms in total. The molecule has 1 aromatic carbocycles. The maximum absolute atomic E-state index is 11.9. The summed E-state index contributed by atoms with van der Waals surface area (Å²) in [4.78, 5) is 16.3. The molecule has 0 radical (unpaired) electrons. The van der Waals surface area contributed by atoms with Crippen molar-refractivity contribution in [1.82, 2.24) is 4.98 Å². The van der Waals surface area contributed by atoms with Crippen molar-refractivity contribution in [2.45, 2.75) is 27.7 Å². The van der Waals surface area contributed by atoms with Crippen LogP contribution < -0.4 is 0 Å². The van der Waals surface area contributed by atoms with Crippen LogP contribution in [-0.4, -0.2) is 17.6 Å². The predicted molar refractivity (Wildman–Crippen MR) is 71.9 cm³/mol. The van der Waals surface area contributed by atoms with Gasteiger partial charge in [-0.2, -0.15) is 0 Å². The van der Waals surface area contributed by atoms with Crippen molar-refractivity contribution < 1.29 is 9.53 Å². The molecule has 0 bridgehead atoms. The molecule has 18 heavy (non-hydrogen) atoms. The fourth-order valence-electron chi connectivity index (χ4n) is 2.20. The second-order valence-electron chi connectivity index (χ2n) is 4.40. The quantitative estimate of drug-likeness (QED) is 0.759. The van der Waals surface area contributed by atoms with Gasteiger partial charge >= 0.3 is 5.97 Å². The van der Waals surface area contributed by atoms with Gasteiger partial charge in [0.05, 0.1) is 12.1 Å². The molecule has 0 unspecified atom stereocenters. The molecule has 0 saturated carbocycles. The number of ether oxygens (including phenoxy) is 1. The average Bonchev–Trinajstić information content (AvgIpc) is 2.33. The van der Waals surface area contributed by atoms with Gasteiger partial charge in [-0.1, -0.05) is 12.1 Å². The van der Waals surface area contributed by atoms with Gasteiger partial charge in [0.15, 0.2) is 5.69 Å². The summed E-state index contributed by atoms with van der Waals surface area (Å²) in [6.07, 6.45) is 0. The third-order valence-corrected chi connectivity index (χ3v) is 3.24. The van der Waals surface area contributed by atoms with E-state index in [9.17, 15) is 4.79 Å². The van der Waals surface area contributed by atoms with E-state index in [-0.39, 0.29) is 5.97 Å². The summed E-state index contributed by atoms with van der Waals surface area (Å²) in [5.74, 6) is -0.346. The van der Waals surface area contributed by atoms with Crippen LogP contribution in [0.15, 0.2) is 18.2 Å². The van der Waals surface area contributed by atoms with Crippen molar-refractivity contribution in [2.24, 2.45) is 0 Å². The molecule has 94 valence electrons. The lowest BCUT2D eigenvalue weighted by Gasteiger charge is -2.12. The summed E-state index contributed by atoms with van der Waals surface area (Å²) in [5.41, 5.74) is 4.45. The summed E-state index contributed by atoms with van der Waals surface area (Å²) in [6, 6.07) is 5.94. The topological polar surface area (TPSA) is 39.2 Å². The van der Waals surface area contributed by atoms with Gasteiger partial charge in [-0.15, -0.1) is 0 Å². The van der Waals surface area contributed by atoms with Gasteiger partial charge in [0.1, 0.15) is 0 Å². The maximum atomic E-state index is 11.9. The van der Waals surface area contributed by atoms with Crippen LogP contribution in [0.4, 0.5) is 0 Å². The first kappa shape index (κ1) is 12.6. The van der Waals surface area contributed by atoms with Crippen molar-refractivity contribution in [3.63, 3.8) is 0 Å². The number of hydrogen-bond donors (Lipinski definition) is 0. The van der Waals surface area contributed by atoms with Crippen LogP contribution in [0, 0.1) is 20.8 Å². The smallest absolute Gasteiger partial charge is 0.357 e. The first-order chi connectivity index (χ1) is 8.56. The molecule has 0 amide bonds. The fraction of sp³-hybridized carbons (Fsp3) is 0.333. The number of fused-ring (bicyclic) bond motifs is 1. The van der Waals surface area contributed by atoms with E-state index in [1.165, 1.54) is 5.56 Å². The minimum Gasteiger partial charge on any atom is -0.461 e. The Morgan fingerprint density at radius 3 is 2.61 bits per heavy atom. The van der Waals surface area contributed by atoms with E-state index >= 15 is 0 Å². The van der Waals surface area contributed by atoms with E-state index < -0.39 is 0 Å². The Bertz CT molecular complexity index is 617. The van der Waals surface area contributed by atoms with Crippen molar-refractivity contribution in [3.8, 4) is 0 Å². The highest BCUT2D eigenvalue weighted by atomic mass is 16.5. The van der Waals surface area contributed by atoms with Gasteiger partial charge in [-0.3, -0.25) is 0 Å². The van der Waals surface area contributed by atoms with Crippen molar-refractivity contribution >= 4 is 16.9 Å². The lowest BCUT2D eigenvalue weighted by atomic mass is 9.99. The van der Waals surface area contributed by atoms with Gasteiger partial charge in [0.2, 0.25) is 0 Å². The SMILES string of the molecule is CCOC(=O)c1nc2cccc(C)c2c(C)c1C. The number of benzene rings is 1. The first-order valence-corrected chi connectivity index (χ1v) is 6.10. The van der Waals surface area contributed by atoms with Gasteiger partial charge in [0, 0.05) is 5.39 Å². The first-order valence-electron chi connectivity index (χ1n) is 6.10. The number of aromatic nitrogens is 1. The molecule has 1 heterocycles. The van der Waals surface area contributed by atoms with E-state index in [0.29, 0.717) is 12.3 Å². The average molecular weight is 243 g/mol. The molecule has 0 saturated heterocycles. The standard InChI is InChI=1S/C15H17NO2/c1-5-18-15(17)14-11(4)10(3)13-9(2)7-6-8-12(13)16-14/h6-8H,5H2,1-4H3. The summed E-state index contributed by atoms with van der Waals surface area (Å²) >= 11 is 0. The van der Waals surface area contributed by atoms with Crippen LogP contribution in [0.3, 0.4) is 0 Å². The van der Waals surface area contributed by atoms with E-state index in [1.807, 2.05) is 26.0 Å². The van der Waals surface area contributed by atoms with Gasteiger partial charge < -0.3 is 4.74 Å². The highest BCUT2D eigenvalue weighted by Crippen LogP contribution is 2.25. The molecule has 1 aromatic heterocycles. The van der Waals surface area contributed by atoms with Crippen LogP contribution >= 0.6 is 0 Å². The molecule has 0 aliphatic rings. The zero-order valence-electron chi connectivity index (χ0n) is 11.2. The zero-order chi connectivity index (χ0) is 13.3. The van der Waals surface area contributed by atoms with Crippen LogP contribution in [-0.2, 0) is 4.74 Å². The van der Waals surface area contributed by atoms with Gasteiger partial charge in [-0.25, -0.2) is 9.78 Å². The highest BCUT2D eigenvalue weighted by Gasteiger charge is 2.16. The molecule has 2 aromatic rings. The third-order valence-electron chi connectivity index (χ3n) is 3.24. The largest absolute Gasteiger partial charge is 0.461 e. The van der Waals surface area contributed by atoms with Crippen LogP contribution in [0.1, 0.15) is 34.1 Å². The molecule has 0 N–H and O–H groups in total. The van der Waals surface area contributed by atoms with E-state index in [0.717, 1.165) is 22.0 Å². The van der Waals surface area contributed by atoms with E-state index in [1.54, 1.807) is 6.92 Å². The zero-order valence-corrected chi connectivity index (χ0v) is 11.2. The van der Waals surface area contributed by atoms with Gasteiger partial charge in [0.25, 0.3) is 0 Å². The number of carbonyl (C=O) groups excluding carboxylic acids is 1. The second kappa shape index (κ2) is 4.77. The molecule has 0 spiro atoms. The number of rotatable bonds is 2. The molecule has 0 fully saturated rings. The number of nitrogens with zero attached hydrogens (tertiary/aromatic N) is 1. The maximum Gasteiger partial charge on any atom is 0.357 e. The van der Waals surface area contributed by atoms with Crippen molar-refractivity contribution in [1.29, 1.82) is 0 Å². The summed E-state index contributed by atoms with van der Waals surface area (Å²) in [7, 11) is 0. The highest BCUT2D eigenvalue weighted by molar-refractivity contribution is 5.95. The Morgan fingerprint density at radius 2 is 1.94 bits per heavy atom. The predicted octanol–water partition coefficient (Wildman–Crippen LogP) is 3.34. The molecule has 0 atom stereocenters. The Kier molecular flexibility index (Phi) is 3.32. The molecule has 2 rings (SSSR count). The van der Waals surface area contributed by atoms with E-state index in [2.05, 4.69) is 18.0 Å². The van der Waals surface area contributed by atoms with Crippen molar-refractivity contribution in [2.75, 3.05) is 6.61 Å². The number of hydrogen-bond acceptors (Lipinski definition) is 3. The molecule has 0 aliphatic carbocycles. The normalized spacial score (nSPS) is 10.7. The Labute approximate surface area is 107 Å². The molecular weight excluding hydrogens is 226 g/mol. The monoisotopic (exact) mass is 243 g/mol. The minimum absolute atomic E-state index is 0.346. The van der Waals surface area contributed by atoms with Gasteiger partial charge in [-0.05, 0) is 50.5 Å². The second-order valence-corrected chi connectivity index (χ2v) is 4.40. The Balaban J connectivity index is 2.72. The summed E-state index contributed by atoms with van der Waals surface area (Å²) in [5, 5.41) is 1.13. The third kappa shape index (κ3) is 1.96. The molecule has 0 aliphatic heterocycles. The summed E-state index contributed by atoms with van der Waals surface area (Å²) < 4.78 is 5.04. The number of carbonyl (C=O) groups is 1. The number of esters is 1. The van der Waals surface area contributed by atoms with Crippen molar-refractivity contribution in [3.05, 3.63) is 40.6 Å². The lowest BCUT2D eigenvalue weighted by Crippen LogP contribution is -2.11. The van der Waals surface area contributed by atoms with Crippen LogP contribution in [0.5, 0.6) is 0 Å². The van der Waals surface area contributed by atoms with Crippen LogP contribution in [0.25, 0.3) is 10.9 Å². The molecular formula is C15H17NO2. The minimum atomic E-state index is -0.346. The summed E-state index contributed by atoms with van der Waals surface area (Å²) in [6.45, 7) is 8.16. The lowest BCUT2D eigenvalue weighted by molar-refractivity contribution is 0.0519.